The van der Waals surface area contributed by atoms with Gasteiger partial charge < -0.3 is 9.88 Å². The van der Waals surface area contributed by atoms with Gasteiger partial charge in [0, 0.05) is 31.0 Å². The second-order valence-corrected chi connectivity index (χ2v) is 7.46. The van der Waals surface area contributed by atoms with Gasteiger partial charge in [0.25, 0.3) is 0 Å². The summed E-state index contributed by atoms with van der Waals surface area (Å²) in [6, 6.07) is 1.92. The Labute approximate surface area is 128 Å². The maximum atomic E-state index is 12.4. The number of hydrogen-bond donors (Lipinski definition) is 2. The normalized spacial score (nSPS) is 21.7. The summed E-state index contributed by atoms with van der Waals surface area (Å²) < 4.78 is 29.7. The van der Waals surface area contributed by atoms with Gasteiger partial charge in [-0.15, -0.1) is 0 Å². The SMILES string of the molecule is CCCC1CC1NS(=O)(=O)c1cc(CNCC)n(CC)c1. The first kappa shape index (κ1) is 16.5. The number of hydrogen-bond acceptors (Lipinski definition) is 3. The summed E-state index contributed by atoms with van der Waals surface area (Å²) in [6.45, 7) is 8.55. The maximum absolute atomic E-state index is 12.4. The van der Waals surface area contributed by atoms with Crippen LogP contribution < -0.4 is 10.0 Å². The van der Waals surface area contributed by atoms with Crippen LogP contribution in [0.4, 0.5) is 0 Å². The van der Waals surface area contributed by atoms with Gasteiger partial charge in [-0.25, -0.2) is 13.1 Å². The molecule has 0 amide bonds. The molecule has 0 saturated heterocycles. The average molecular weight is 313 g/mol. The van der Waals surface area contributed by atoms with E-state index in [0.29, 0.717) is 17.4 Å². The molecule has 0 aromatic carbocycles. The average Bonchev–Trinajstić information content (AvgIpc) is 3.02. The Morgan fingerprint density at radius 1 is 1.33 bits per heavy atom. The first-order chi connectivity index (χ1) is 10.0. The van der Waals surface area contributed by atoms with Crippen molar-refractivity contribution in [2.75, 3.05) is 6.54 Å². The Morgan fingerprint density at radius 3 is 2.71 bits per heavy atom. The zero-order chi connectivity index (χ0) is 15.5. The molecule has 2 rings (SSSR count). The van der Waals surface area contributed by atoms with Crippen molar-refractivity contribution in [3.8, 4) is 0 Å². The van der Waals surface area contributed by atoms with E-state index in [-0.39, 0.29) is 6.04 Å². The Morgan fingerprint density at radius 2 is 2.10 bits per heavy atom. The number of nitrogens with one attached hydrogen (secondary N) is 2. The number of aromatic nitrogens is 1. The fourth-order valence-electron chi connectivity index (χ4n) is 2.72. The first-order valence-corrected chi connectivity index (χ1v) is 9.42. The molecule has 1 saturated carbocycles. The standard InChI is InChI=1S/C15H27N3O2S/c1-4-7-12-8-15(12)17-21(19,20)14-9-13(10-16-5-2)18(6-3)11-14/h9,11-12,15-17H,4-8,10H2,1-3H3. The van der Waals surface area contributed by atoms with Crippen LogP contribution in [0, 0.1) is 5.92 Å². The molecule has 2 unspecified atom stereocenters. The van der Waals surface area contributed by atoms with Gasteiger partial charge in [0.05, 0.1) is 4.90 Å². The lowest BCUT2D eigenvalue weighted by Crippen LogP contribution is -2.26. The zero-order valence-corrected chi connectivity index (χ0v) is 14.0. The monoisotopic (exact) mass is 313 g/mol. The van der Waals surface area contributed by atoms with Gasteiger partial charge in [-0.3, -0.25) is 0 Å². The van der Waals surface area contributed by atoms with Gasteiger partial charge in [-0.2, -0.15) is 0 Å². The van der Waals surface area contributed by atoms with Crippen molar-refractivity contribution >= 4 is 10.0 Å². The predicted octanol–water partition coefficient (Wildman–Crippen LogP) is 2.08. The number of nitrogens with zero attached hydrogens (tertiary/aromatic N) is 1. The van der Waals surface area contributed by atoms with Gasteiger partial charge in [-0.1, -0.05) is 20.3 Å². The van der Waals surface area contributed by atoms with E-state index >= 15 is 0 Å². The van der Waals surface area contributed by atoms with E-state index in [9.17, 15) is 8.42 Å². The van der Waals surface area contributed by atoms with Crippen LogP contribution in [0.25, 0.3) is 0 Å². The van der Waals surface area contributed by atoms with E-state index in [2.05, 4.69) is 17.0 Å². The molecule has 1 aromatic rings. The molecule has 1 aromatic heterocycles. The van der Waals surface area contributed by atoms with Gasteiger partial charge in [-0.05, 0) is 38.3 Å². The molecule has 2 atom stereocenters. The first-order valence-electron chi connectivity index (χ1n) is 7.93. The highest BCUT2D eigenvalue weighted by molar-refractivity contribution is 7.89. The third-order valence-electron chi connectivity index (χ3n) is 4.06. The third kappa shape index (κ3) is 4.08. The predicted molar refractivity (Wildman–Crippen MR) is 84.6 cm³/mol. The Hall–Kier alpha value is -0.850. The highest BCUT2D eigenvalue weighted by Gasteiger charge is 2.39. The Balaban J connectivity index is 2.07. The fraction of sp³-hybridized carbons (Fsp3) is 0.733. The molecule has 21 heavy (non-hydrogen) atoms. The summed E-state index contributed by atoms with van der Waals surface area (Å²) in [7, 11) is -3.38. The molecule has 6 heteroatoms. The van der Waals surface area contributed by atoms with Gasteiger partial charge in [0.15, 0.2) is 0 Å². The van der Waals surface area contributed by atoms with Crippen molar-refractivity contribution < 1.29 is 8.42 Å². The largest absolute Gasteiger partial charge is 0.349 e. The minimum atomic E-state index is -3.38. The number of sulfonamides is 1. The van der Waals surface area contributed by atoms with E-state index < -0.39 is 10.0 Å². The zero-order valence-electron chi connectivity index (χ0n) is 13.2. The molecule has 0 spiro atoms. The molecule has 1 fully saturated rings. The quantitative estimate of drug-likeness (QED) is 0.734. The molecular weight excluding hydrogens is 286 g/mol. The molecule has 1 heterocycles. The molecule has 5 nitrogen and oxygen atoms in total. The van der Waals surface area contributed by atoms with E-state index in [4.69, 9.17) is 0 Å². The minimum absolute atomic E-state index is 0.136. The van der Waals surface area contributed by atoms with Crippen molar-refractivity contribution in [3.63, 3.8) is 0 Å². The van der Waals surface area contributed by atoms with Crippen LogP contribution in [0.15, 0.2) is 17.2 Å². The lowest BCUT2D eigenvalue weighted by molar-refractivity contribution is 0.572. The molecule has 0 aliphatic heterocycles. The smallest absolute Gasteiger partial charge is 0.242 e. The lowest BCUT2D eigenvalue weighted by Gasteiger charge is -2.05. The van der Waals surface area contributed by atoms with Crippen LogP contribution in [0.5, 0.6) is 0 Å². The lowest BCUT2D eigenvalue weighted by atomic mass is 10.2. The van der Waals surface area contributed by atoms with Crippen molar-refractivity contribution in [2.24, 2.45) is 5.92 Å². The van der Waals surface area contributed by atoms with Crippen molar-refractivity contribution in [1.29, 1.82) is 0 Å². The molecule has 0 radical (unpaired) electrons. The second-order valence-electron chi connectivity index (χ2n) is 5.75. The van der Waals surface area contributed by atoms with Gasteiger partial charge >= 0.3 is 0 Å². The molecule has 1 aliphatic carbocycles. The minimum Gasteiger partial charge on any atom is -0.349 e. The Kier molecular flexibility index (Phi) is 5.46. The second kappa shape index (κ2) is 6.94. The summed E-state index contributed by atoms with van der Waals surface area (Å²) in [5.41, 5.74) is 1.01. The van der Waals surface area contributed by atoms with E-state index in [1.165, 1.54) is 0 Å². The topological polar surface area (TPSA) is 63.1 Å². The summed E-state index contributed by atoms with van der Waals surface area (Å²) in [4.78, 5) is 0.388. The van der Waals surface area contributed by atoms with E-state index in [0.717, 1.165) is 38.0 Å². The summed E-state index contributed by atoms with van der Waals surface area (Å²) in [5, 5.41) is 3.24. The third-order valence-corrected chi connectivity index (χ3v) is 5.51. The number of aryl methyl sites for hydroxylation is 1. The van der Waals surface area contributed by atoms with Crippen molar-refractivity contribution in [1.82, 2.24) is 14.6 Å². The van der Waals surface area contributed by atoms with Crippen LogP contribution >= 0.6 is 0 Å². The molecular formula is C15H27N3O2S. The molecule has 0 bridgehead atoms. The van der Waals surface area contributed by atoms with Crippen molar-refractivity contribution in [3.05, 3.63) is 18.0 Å². The van der Waals surface area contributed by atoms with Crippen LogP contribution in [-0.4, -0.2) is 25.6 Å². The highest BCUT2D eigenvalue weighted by Crippen LogP contribution is 2.35. The Bertz CT molecular complexity index is 565. The molecule has 2 N–H and O–H groups in total. The summed E-state index contributed by atoms with van der Waals surface area (Å²) >= 11 is 0. The van der Waals surface area contributed by atoms with Crippen LogP contribution in [0.2, 0.25) is 0 Å². The maximum Gasteiger partial charge on any atom is 0.242 e. The van der Waals surface area contributed by atoms with Gasteiger partial charge in [0.2, 0.25) is 10.0 Å². The summed E-state index contributed by atoms with van der Waals surface area (Å²) in [6.07, 6.45) is 4.94. The van der Waals surface area contributed by atoms with Crippen molar-refractivity contribution in [2.45, 2.75) is 64.1 Å². The van der Waals surface area contributed by atoms with Gasteiger partial charge in [0.1, 0.15) is 0 Å². The van der Waals surface area contributed by atoms with Crippen LogP contribution in [0.1, 0.15) is 45.7 Å². The van der Waals surface area contributed by atoms with Crippen LogP contribution in [0.3, 0.4) is 0 Å². The van der Waals surface area contributed by atoms with E-state index in [1.807, 2.05) is 18.4 Å². The molecule has 120 valence electrons. The highest BCUT2D eigenvalue weighted by atomic mass is 32.2. The fourth-order valence-corrected chi connectivity index (χ4v) is 4.10. The number of rotatable bonds is 9. The molecule has 1 aliphatic rings. The van der Waals surface area contributed by atoms with E-state index in [1.54, 1.807) is 12.3 Å². The summed E-state index contributed by atoms with van der Waals surface area (Å²) in [5.74, 6) is 0.527. The van der Waals surface area contributed by atoms with Crippen LogP contribution in [-0.2, 0) is 23.1 Å².